The van der Waals surface area contributed by atoms with Crippen LogP contribution in [0.2, 0.25) is 5.02 Å². The molecule has 6 nitrogen and oxygen atoms in total. The highest BCUT2D eigenvalue weighted by Crippen LogP contribution is 2.26. The second kappa shape index (κ2) is 8.22. The molecule has 1 unspecified atom stereocenters. The molecule has 2 aromatic rings. The molecule has 0 fully saturated rings. The van der Waals surface area contributed by atoms with Gasteiger partial charge in [-0.3, -0.25) is 4.72 Å². The van der Waals surface area contributed by atoms with Gasteiger partial charge in [0.05, 0.1) is 23.0 Å². The van der Waals surface area contributed by atoms with E-state index in [0.717, 1.165) is 17.4 Å². The van der Waals surface area contributed by atoms with Gasteiger partial charge in [-0.1, -0.05) is 48.0 Å². The Balaban J connectivity index is 1.94. The molecule has 0 saturated carbocycles. The number of ether oxygens (including phenoxy) is 1. The molecular formula is C17H19ClN2O4S. The van der Waals surface area contributed by atoms with Crippen LogP contribution in [0.3, 0.4) is 0 Å². The van der Waals surface area contributed by atoms with E-state index >= 15 is 0 Å². The third-order valence-corrected chi connectivity index (χ3v) is 4.24. The van der Waals surface area contributed by atoms with Crippen molar-refractivity contribution in [3.63, 3.8) is 0 Å². The Morgan fingerprint density at radius 3 is 2.48 bits per heavy atom. The average molecular weight is 383 g/mol. The van der Waals surface area contributed by atoms with Crippen molar-refractivity contribution < 1.29 is 17.9 Å². The third kappa shape index (κ3) is 6.28. The van der Waals surface area contributed by atoms with E-state index in [2.05, 4.69) is 10.0 Å². The molecule has 2 rings (SSSR count). The summed E-state index contributed by atoms with van der Waals surface area (Å²) in [6.07, 6.45) is 0.496. The fraction of sp³-hybridized carbons (Fsp3) is 0.235. The van der Waals surface area contributed by atoms with Crippen molar-refractivity contribution in [1.82, 2.24) is 5.32 Å². The fourth-order valence-electron chi connectivity index (χ4n) is 2.11. The van der Waals surface area contributed by atoms with Crippen LogP contribution in [0, 0.1) is 0 Å². The molecule has 0 bridgehead atoms. The third-order valence-electron chi connectivity index (χ3n) is 3.34. The maximum Gasteiger partial charge on any atom is 0.407 e. The van der Waals surface area contributed by atoms with Gasteiger partial charge in [0, 0.05) is 0 Å². The van der Waals surface area contributed by atoms with Crippen LogP contribution in [0.15, 0.2) is 48.5 Å². The molecule has 2 N–H and O–H groups in total. The summed E-state index contributed by atoms with van der Waals surface area (Å²) in [6.45, 7) is 1.95. The number of carbonyl (C=O) groups excluding carboxylic acids is 1. The van der Waals surface area contributed by atoms with E-state index in [-0.39, 0.29) is 23.4 Å². The second-order valence-corrected chi connectivity index (χ2v) is 7.70. The first-order chi connectivity index (χ1) is 11.7. The first-order valence-electron chi connectivity index (χ1n) is 7.49. The first-order valence-corrected chi connectivity index (χ1v) is 9.76. The van der Waals surface area contributed by atoms with Crippen molar-refractivity contribution in [2.24, 2.45) is 0 Å². The monoisotopic (exact) mass is 382 g/mol. The summed E-state index contributed by atoms with van der Waals surface area (Å²) in [4.78, 5) is 11.9. The van der Waals surface area contributed by atoms with E-state index in [1.165, 1.54) is 0 Å². The zero-order valence-corrected chi connectivity index (χ0v) is 15.4. The summed E-state index contributed by atoms with van der Waals surface area (Å²) in [5, 5.41) is 2.95. The van der Waals surface area contributed by atoms with Gasteiger partial charge in [0.2, 0.25) is 10.0 Å². The molecule has 8 heteroatoms. The highest BCUT2D eigenvalue weighted by atomic mass is 35.5. The van der Waals surface area contributed by atoms with Crippen molar-refractivity contribution in [1.29, 1.82) is 0 Å². The molecule has 134 valence electrons. The van der Waals surface area contributed by atoms with Gasteiger partial charge in [-0.25, -0.2) is 13.2 Å². The molecule has 0 aliphatic rings. The van der Waals surface area contributed by atoms with Crippen molar-refractivity contribution in [3.8, 4) is 0 Å². The van der Waals surface area contributed by atoms with Crippen LogP contribution >= 0.6 is 11.6 Å². The number of benzene rings is 2. The maximum absolute atomic E-state index is 11.9. The van der Waals surface area contributed by atoms with E-state index in [1.807, 2.05) is 30.3 Å². The van der Waals surface area contributed by atoms with Crippen LogP contribution in [-0.2, 0) is 21.4 Å². The molecule has 0 heterocycles. The number of carbonyl (C=O) groups is 1. The average Bonchev–Trinajstić information content (AvgIpc) is 2.54. The largest absolute Gasteiger partial charge is 0.445 e. The number of amides is 1. The zero-order chi connectivity index (χ0) is 18.4. The van der Waals surface area contributed by atoms with E-state index < -0.39 is 16.1 Å². The van der Waals surface area contributed by atoms with Gasteiger partial charge in [0.25, 0.3) is 0 Å². The number of hydrogen-bond donors (Lipinski definition) is 2. The summed E-state index contributed by atoms with van der Waals surface area (Å²) >= 11 is 6.09. The lowest BCUT2D eigenvalue weighted by Crippen LogP contribution is -2.27. The summed E-state index contributed by atoms with van der Waals surface area (Å²) < 4.78 is 30.0. The van der Waals surface area contributed by atoms with Gasteiger partial charge in [-0.15, -0.1) is 0 Å². The molecule has 2 aromatic carbocycles. The lowest BCUT2D eigenvalue weighted by atomic mass is 10.1. The van der Waals surface area contributed by atoms with Gasteiger partial charge < -0.3 is 10.1 Å². The minimum absolute atomic E-state index is 0.178. The van der Waals surface area contributed by atoms with Gasteiger partial charge in [0.15, 0.2) is 0 Å². The van der Waals surface area contributed by atoms with Crippen LogP contribution in [0.5, 0.6) is 0 Å². The standard InChI is InChI=1S/C17H19ClN2O4S/c1-12(19-17(21)24-11-13-6-4-3-5-7-13)14-8-9-16(15(18)10-14)20-25(2,22)23/h3-10,12,20H,11H2,1-2H3,(H,19,21). The van der Waals surface area contributed by atoms with Crippen LogP contribution in [0.4, 0.5) is 10.5 Å². The predicted octanol–water partition coefficient (Wildman–Crippen LogP) is 3.70. The van der Waals surface area contributed by atoms with Gasteiger partial charge >= 0.3 is 6.09 Å². The van der Waals surface area contributed by atoms with Gasteiger partial charge in [-0.2, -0.15) is 0 Å². The summed E-state index contributed by atoms with van der Waals surface area (Å²) in [6, 6.07) is 13.8. The highest BCUT2D eigenvalue weighted by Gasteiger charge is 2.13. The Morgan fingerprint density at radius 2 is 1.88 bits per heavy atom. The van der Waals surface area contributed by atoms with Crippen molar-refractivity contribution in [3.05, 3.63) is 64.7 Å². The summed E-state index contributed by atoms with van der Waals surface area (Å²) in [5.74, 6) is 0. The Hall–Kier alpha value is -2.25. The minimum Gasteiger partial charge on any atom is -0.445 e. The quantitative estimate of drug-likeness (QED) is 0.797. The molecule has 0 aromatic heterocycles. The topological polar surface area (TPSA) is 84.5 Å². The van der Waals surface area contributed by atoms with Gasteiger partial charge in [-0.05, 0) is 30.2 Å². The molecule has 25 heavy (non-hydrogen) atoms. The van der Waals surface area contributed by atoms with Crippen molar-refractivity contribution >= 4 is 33.4 Å². The molecule has 1 atom stereocenters. The lowest BCUT2D eigenvalue weighted by molar-refractivity contribution is 0.136. The van der Waals surface area contributed by atoms with Crippen LogP contribution in [0.25, 0.3) is 0 Å². The predicted molar refractivity (Wildman–Crippen MR) is 98.1 cm³/mol. The number of rotatable bonds is 6. The maximum atomic E-state index is 11.9. The SMILES string of the molecule is CC(NC(=O)OCc1ccccc1)c1ccc(NS(C)(=O)=O)c(Cl)c1. The molecule has 0 aliphatic carbocycles. The number of hydrogen-bond acceptors (Lipinski definition) is 4. The number of nitrogens with one attached hydrogen (secondary N) is 2. The van der Waals surface area contributed by atoms with Crippen molar-refractivity contribution in [2.45, 2.75) is 19.6 Å². The molecule has 0 saturated heterocycles. The second-order valence-electron chi connectivity index (χ2n) is 5.54. The highest BCUT2D eigenvalue weighted by molar-refractivity contribution is 7.92. The number of halogens is 1. The summed E-state index contributed by atoms with van der Waals surface area (Å²) in [5.41, 5.74) is 1.90. The molecule has 0 radical (unpaired) electrons. The zero-order valence-electron chi connectivity index (χ0n) is 13.8. The number of alkyl carbamates (subject to hydrolysis) is 1. The summed E-state index contributed by atoms with van der Waals surface area (Å²) in [7, 11) is -3.41. The van der Waals surface area contributed by atoms with Crippen molar-refractivity contribution in [2.75, 3.05) is 11.0 Å². The van der Waals surface area contributed by atoms with E-state index in [1.54, 1.807) is 25.1 Å². The van der Waals surface area contributed by atoms with E-state index in [9.17, 15) is 13.2 Å². The Labute approximate surface area is 152 Å². The minimum atomic E-state index is -3.41. The molecule has 0 spiro atoms. The van der Waals surface area contributed by atoms with Crippen LogP contribution in [0.1, 0.15) is 24.1 Å². The lowest BCUT2D eigenvalue weighted by Gasteiger charge is -2.16. The molecule has 1 amide bonds. The normalized spacial score (nSPS) is 12.3. The van der Waals surface area contributed by atoms with E-state index in [4.69, 9.17) is 16.3 Å². The molecule has 0 aliphatic heterocycles. The van der Waals surface area contributed by atoms with Crippen LogP contribution in [-0.4, -0.2) is 20.8 Å². The Morgan fingerprint density at radius 1 is 1.20 bits per heavy atom. The fourth-order valence-corrected chi connectivity index (χ4v) is 2.98. The Bertz CT molecular complexity index is 841. The first kappa shape index (κ1) is 19.1. The van der Waals surface area contributed by atoms with Gasteiger partial charge in [0.1, 0.15) is 6.61 Å². The molecular weight excluding hydrogens is 364 g/mol. The van der Waals surface area contributed by atoms with Crippen LogP contribution < -0.4 is 10.0 Å². The van der Waals surface area contributed by atoms with E-state index in [0.29, 0.717) is 0 Å². The Kier molecular flexibility index (Phi) is 6.27. The smallest absolute Gasteiger partial charge is 0.407 e. The number of anilines is 1. The number of sulfonamides is 1.